The minimum atomic E-state index is -0.622. The fourth-order valence-corrected chi connectivity index (χ4v) is 6.98. The van der Waals surface area contributed by atoms with Crippen LogP contribution in [0.2, 0.25) is 0 Å². The summed E-state index contributed by atoms with van der Waals surface area (Å²) < 4.78 is 11.3. The average Bonchev–Trinajstić information content (AvgIpc) is 3.38. The van der Waals surface area contributed by atoms with Crippen LogP contribution < -0.4 is 25.8 Å². The van der Waals surface area contributed by atoms with Crippen LogP contribution in [0.4, 0.5) is 5.69 Å². The Morgan fingerprint density at radius 2 is 0.986 bits per heavy atom. The van der Waals surface area contributed by atoms with Crippen LogP contribution in [0, 0.1) is 34.2 Å². The molecule has 0 spiro atoms. The molecule has 2 unspecified atom stereocenters. The number of carbonyl (C=O) groups excluding carboxylic acids is 4. The average molecular weight is 1490 g/mol. The number of nitrogen functional groups attached to an aromatic ring is 1. The predicted molar refractivity (Wildman–Crippen MR) is 313 cm³/mol. The predicted octanol–water partition coefficient (Wildman–Crippen LogP) is 10.2. The van der Waals surface area contributed by atoms with E-state index in [0.29, 0.717) is 44.7 Å². The van der Waals surface area contributed by atoms with E-state index in [1.807, 2.05) is 17.1 Å². The topological polar surface area (TPSA) is 219 Å². The number of amidine groups is 1. The molecule has 0 saturated heterocycles. The van der Waals surface area contributed by atoms with Crippen LogP contribution in [-0.4, -0.2) is 60.8 Å². The summed E-state index contributed by atoms with van der Waals surface area (Å²) in [6.45, 7) is 10.7. The van der Waals surface area contributed by atoms with Gasteiger partial charge in [0.15, 0.2) is 30.5 Å². The molecule has 2 heterocycles. The Morgan fingerprint density at radius 3 is 1.33 bits per heavy atom. The monoisotopic (exact) mass is 1480 g/mol. The second kappa shape index (κ2) is 33.3. The van der Waals surface area contributed by atoms with Crippen molar-refractivity contribution in [1.29, 1.82) is 5.41 Å². The van der Waals surface area contributed by atoms with Gasteiger partial charge in [0.25, 0.3) is 11.8 Å². The number of methoxy groups -OCH3 is 2. The van der Waals surface area contributed by atoms with Gasteiger partial charge in [0, 0.05) is 53.0 Å². The van der Waals surface area contributed by atoms with Gasteiger partial charge in [-0.3, -0.25) is 24.6 Å². The maximum atomic E-state index is 12.8. The van der Waals surface area contributed by atoms with Gasteiger partial charge in [-0.1, -0.05) is 94.9 Å². The Hall–Kier alpha value is -4.59. The van der Waals surface area contributed by atoms with Crippen molar-refractivity contribution < 1.29 is 43.0 Å². The number of alkyl halides is 1. The van der Waals surface area contributed by atoms with E-state index in [1.165, 1.54) is 39.0 Å². The molecule has 2 aromatic heterocycles. The van der Waals surface area contributed by atoms with E-state index in [-0.39, 0.29) is 35.0 Å². The summed E-state index contributed by atoms with van der Waals surface area (Å²) in [4.78, 5) is 55.5. The first-order valence-electron chi connectivity index (χ1n) is 21.3. The number of nitrogens with two attached hydrogens (primary N) is 1. The molecule has 15 nitrogen and oxygen atoms in total. The number of hydrogen-bond donors (Lipinski definition) is 4. The molecule has 0 aliphatic heterocycles. The van der Waals surface area contributed by atoms with Crippen molar-refractivity contribution >= 4 is 130 Å². The van der Waals surface area contributed by atoms with E-state index in [9.17, 15) is 29.6 Å². The summed E-state index contributed by atoms with van der Waals surface area (Å²) in [5.74, 6) is -2.77. The molecule has 4 aromatic carbocycles. The summed E-state index contributed by atoms with van der Waals surface area (Å²) in [7, 11) is 2.63. The van der Waals surface area contributed by atoms with Crippen molar-refractivity contribution in [2.45, 2.75) is 38.8 Å². The number of esters is 2. The van der Waals surface area contributed by atoms with Gasteiger partial charge in [-0.05, 0) is 89.8 Å². The number of nitrogens with zero attached hydrogens (tertiary/aromatic N) is 3. The first kappa shape index (κ1) is 63.5. The third kappa shape index (κ3) is 21.1. The van der Waals surface area contributed by atoms with Gasteiger partial charge in [0.2, 0.25) is 0 Å². The Kier molecular flexibility index (Phi) is 29.4. The molecule has 6 aromatic rings. The van der Waals surface area contributed by atoms with E-state index in [0.717, 1.165) is 33.4 Å². The first-order chi connectivity index (χ1) is 33.9. The molecule has 21 heteroatoms. The molecule has 2 amide bonds. The second-order valence-corrected chi connectivity index (χ2v) is 50.7. The molecule has 0 bridgehead atoms. The fourth-order valence-electron chi connectivity index (χ4n) is 6.98. The standard InChI is InChI=1S/C25H26N4O4.C25H23N3O4.CH3I.ClH.3HI.V/c1-16(22(25(31)33-2)15-17-4-3-5-21(14-17)23(26)27)28-24(30)20-8-6-18(7-9-20)19-10-12-29(32)13-11-19;1-17(23(25(30)32-3)16-18-5-4-6-22(15-18)26-2)27-24(29)21-9-7-19(8-10-21)20-11-13-28(31)14-12-20;1-2;;;;;/h3-14,16,22H,15H2,1-2H3,(H3,26,27)(H,28,30);4-15,17,23H,16H2,1,3H3,(H,27,29);1H3;4*1H;/q;;;;;;;+3/p-3/t16-,22?;17-,23?;;;;;;/m11....../s1. The van der Waals surface area contributed by atoms with Gasteiger partial charge >= 0.3 is 76.8 Å². The quantitative estimate of drug-likeness (QED) is 0.0112. The van der Waals surface area contributed by atoms with Crippen molar-refractivity contribution in [1.82, 2.24) is 10.6 Å². The van der Waals surface area contributed by atoms with Crippen LogP contribution in [0.15, 0.2) is 146 Å². The normalized spacial score (nSPS) is 11.7. The summed E-state index contributed by atoms with van der Waals surface area (Å²) in [6, 6.07) is 33.9. The van der Waals surface area contributed by atoms with E-state index >= 15 is 0 Å². The second-order valence-electron chi connectivity index (χ2n) is 15.3. The van der Waals surface area contributed by atoms with Gasteiger partial charge < -0.3 is 36.3 Å². The van der Waals surface area contributed by atoms with E-state index in [4.69, 9.17) is 27.2 Å². The van der Waals surface area contributed by atoms with Crippen LogP contribution in [0.25, 0.3) is 27.1 Å². The molecule has 0 aliphatic rings. The summed E-state index contributed by atoms with van der Waals surface area (Å²) >= 11 is 9.54. The molecule has 0 saturated carbocycles. The van der Waals surface area contributed by atoms with Crippen molar-refractivity contribution in [2.75, 3.05) is 19.2 Å². The zero-order valence-corrected chi connectivity index (χ0v) is 50.5. The Labute approximate surface area is 477 Å². The Bertz CT molecular complexity index is 2730. The van der Waals surface area contributed by atoms with Gasteiger partial charge in [0.1, 0.15) is 5.84 Å². The number of ether oxygens (including phenoxy) is 2. The Morgan fingerprint density at radius 1 is 0.639 bits per heavy atom. The van der Waals surface area contributed by atoms with Crippen LogP contribution in [-0.2, 0) is 36.8 Å². The molecule has 4 atom stereocenters. The van der Waals surface area contributed by atoms with Crippen LogP contribution in [0.5, 0.6) is 0 Å². The molecule has 6 rings (SSSR count). The summed E-state index contributed by atoms with van der Waals surface area (Å²) in [6.07, 6.45) is 6.32. The van der Waals surface area contributed by atoms with Gasteiger partial charge in [0.05, 0.1) is 32.6 Å². The maximum absolute atomic E-state index is 12.8. The van der Waals surface area contributed by atoms with Crippen LogP contribution in [0.1, 0.15) is 51.3 Å². The zero-order valence-electron chi connectivity index (χ0n) is 39.6. The zero-order chi connectivity index (χ0) is 52.6. The summed E-state index contributed by atoms with van der Waals surface area (Å²) in [5, 5.41) is 35.8. The number of rotatable bonds is 15. The minimum absolute atomic E-state index is 0. The van der Waals surface area contributed by atoms with E-state index in [1.54, 1.807) is 123 Å². The van der Waals surface area contributed by atoms with Gasteiger partial charge in [-0.15, -0.1) is 12.4 Å². The first-order valence-corrected chi connectivity index (χ1v) is 37.0. The molecule has 0 fully saturated rings. The number of aromatic nitrogens is 2. The fraction of sp³-hybridized carbons (Fsp3) is 0.216. The molecule has 72 heavy (non-hydrogen) atoms. The molecule has 5 N–H and O–H groups in total. The van der Waals surface area contributed by atoms with Crippen molar-refractivity contribution in [3.05, 3.63) is 196 Å². The number of nitrogens with one attached hydrogen (secondary N) is 3. The number of benzene rings is 4. The number of halogens is 5. The van der Waals surface area contributed by atoms with Crippen LogP contribution >= 0.6 is 94.9 Å². The number of amides is 2. The van der Waals surface area contributed by atoms with Crippen molar-refractivity contribution in [3.63, 3.8) is 0 Å². The molecular weight excluding hydrogens is 1430 g/mol. The molecular formula is C51H53ClI4N7O8V. The number of pyridine rings is 2. The molecule has 0 aliphatic carbocycles. The van der Waals surface area contributed by atoms with Gasteiger partial charge in [-0.25, -0.2) is 4.85 Å². The SMILES string of the molecule is CI.COC(=O)C(Cc1cccc(C(=N)N)c1)[C@@H](C)NC(=O)c1ccc(-c2cc[n+]([O-])cc2)cc1.Cl.[C-]#[N+]c1cccc(CC(C(=O)OC)[C@@H](C)NC(=O)c2ccc(-c3cc[n+]([O-])cc3)cc2)c1.[I][V]([I])[I]. The number of hydrogen-bond acceptors (Lipinski definition) is 9. The summed E-state index contributed by atoms with van der Waals surface area (Å²) in [5.41, 5.74) is 12.6. The van der Waals surface area contributed by atoms with Gasteiger partial charge in [-0.2, -0.15) is 9.46 Å². The van der Waals surface area contributed by atoms with E-state index < -0.39 is 35.9 Å². The van der Waals surface area contributed by atoms with Crippen molar-refractivity contribution in [3.8, 4) is 22.3 Å². The van der Waals surface area contributed by atoms with E-state index in [2.05, 4.69) is 98.0 Å². The molecule has 380 valence electrons. The third-order valence-corrected chi connectivity index (χ3v) is 10.7. The number of carbonyl (C=O) groups is 4. The van der Waals surface area contributed by atoms with Crippen LogP contribution in [0.3, 0.4) is 0 Å². The Balaban J connectivity index is 0.000000439. The van der Waals surface area contributed by atoms with Crippen molar-refractivity contribution in [2.24, 2.45) is 17.6 Å². The molecule has 0 radical (unpaired) electrons. The third-order valence-electron chi connectivity index (χ3n) is 10.7.